The number of carbonyl (C=O) groups is 4. The van der Waals surface area contributed by atoms with Gasteiger partial charge >= 0.3 is 0 Å². The van der Waals surface area contributed by atoms with Crippen molar-refractivity contribution < 1.29 is 19.2 Å². The van der Waals surface area contributed by atoms with Gasteiger partial charge in [0, 0.05) is 61.9 Å². The number of nitrogens with one attached hydrogen (secondary N) is 2. The van der Waals surface area contributed by atoms with Gasteiger partial charge in [-0.15, -0.1) is 0 Å². The van der Waals surface area contributed by atoms with E-state index < -0.39 is 12.1 Å². The van der Waals surface area contributed by atoms with Gasteiger partial charge in [-0.25, -0.2) is 0 Å². The van der Waals surface area contributed by atoms with Crippen LogP contribution in [0.2, 0.25) is 0 Å². The number of ketones is 1. The lowest BCUT2D eigenvalue weighted by molar-refractivity contribution is -0.138. The molecule has 10 nitrogen and oxygen atoms in total. The van der Waals surface area contributed by atoms with E-state index in [9.17, 15) is 19.2 Å². The van der Waals surface area contributed by atoms with Crippen molar-refractivity contribution in [3.8, 4) is 0 Å². The first-order valence-corrected chi connectivity index (χ1v) is 13.7. The van der Waals surface area contributed by atoms with Crippen LogP contribution in [-0.4, -0.2) is 95.7 Å². The number of anilines is 1. The highest BCUT2D eigenvalue weighted by Crippen LogP contribution is 2.32. The Labute approximate surface area is 228 Å². The summed E-state index contributed by atoms with van der Waals surface area (Å²) in [6.45, 7) is 8.02. The summed E-state index contributed by atoms with van der Waals surface area (Å²) in [6, 6.07) is 8.90. The van der Waals surface area contributed by atoms with Crippen LogP contribution in [0.4, 0.5) is 5.69 Å². The summed E-state index contributed by atoms with van der Waals surface area (Å²) in [7, 11) is 0. The molecular weight excluding hydrogens is 496 g/mol. The molecule has 1 aromatic carbocycles. The van der Waals surface area contributed by atoms with Crippen molar-refractivity contribution in [3.05, 3.63) is 59.9 Å². The number of Topliss-reactive ketones (excluding diaryl/α,β-unsaturated/α-hetero) is 1. The summed E-state index contributed by atoms with van der Waals surface area (Å²) < 4.78 is 0. The predicted molar refractivity (Wildman–Crippen MR) is 146 cm³/mol. The minimum Gasteiger partial charge on any atom is -0.369 e. The number of carbonyl (C=O) groups excluding carboxylic acids is 4. The van der Waals surface area contributed by atoms with Crippen LogP contribution in [0.15, 0.2) is 48.8 Å². The van der Waals surface area contributed by atoms with Gasteiger partial charge in [0.25, 0.3) is 11.8 Å². The van der Waals surface area contributed by atoms with Gasteiger partial charge in [0.1, 0.15) is 12.1 Å². The first-order valence-electron chi connectivity index (χ1n) is 13.7. The third-order valence-electron chi connectivity index (χ3n) is 7.82. The highest BCUT2D eigenvalue weighted by molar-refractivity contribution is 6.03. The van der Waals surface area contributed by atoms with E-state index in [0.717, 1.165) is 31.9 Å². The monoisotopic (exact) mass is 532 g/mol. The lowest BCUT2D eigenvalue weighted by Crippen LogP contribution is -2.53. The minimum absolute atomic E-state index is 0.0269. The molecule has 3 unspecified atom stereocenters. The van der Waals surface area contributed by atoms with E-state index in [1.807, 2.05) is 26.0 Å². The number of aromatic nitrogens is 1. The number of likely N-dealkylation sites (tertiary alicyclic amines) is 2. The Morgan fingerprint density at radius 1 is 0.974 bits per heavy atom. The quantitative estimate of drug-likeness (QED) is 0.553. The van der Waals surface area contributed by atoms with E-state index in [0.29, 0.717) is 30.5 Å². The van der Waals surface area contributed by atoms with Gasteiger partial charge in [-0.3, -0.25) is 24.2 Å². The number of fused-ring (bicyclic) bond motifs is 1. The Hall–Kier alpha value is -3.79. The summed E-state index contributed by atoms with van der Waals surface area (Å²) in [5, 5.41) is 6.27. The van der Waals surface area contributed by atoms with Crippen molar-refractivity contribution in [3.63, 3.8) is 0 Å². The number of benzene rings is 1. The SMILES string of the molecule is CC(C)CC(NC(=O)c1ccc(N2CCNCC2)cc1)C(=O)N1CCC2C1C(=O)CN2C(=O)c1ccncc1. The molecule has 1 aromatic heterocycles. The number of hydrogen-bond acceptors (Lipinski definition) is 7. The minimum atomic E-state index is -0.762. The fourth-order valence-electron chi connectivity index (χ4n) is 5.88. The van der Waals surface area contributed by atoms with Crippen LogP contribution >= 0.6 is 0 Å². The van der Waals surface area contributed by atoms with Gasteiger partial charge in [-0.1, -0.05) is 13.8 Å². The van der Waals surface area contributed by atoms with Crippen LogP contribution in [0.3, 0.4) is 0 Å². The lowest BCUT2D eigenvalue weighted by atomic mass is 10.0. The molecule has 0 radical (unpaired) electrons. The molecule has 3 aliphatic rings. The molecule has 206 valence electrons. The molecule has 10 heteroatoms. The van der Waals surface area contributed by atoms with Crippen molar-refractivity contribution in [2.75, 3.05) is 44.2 Å². The van der Waals surface area contributed by atoms with Gasteiger partial charge in [0.05, 0.1) is 12.6 Å². The van der Waals surface area contributed by atoms with E-state index in [1.54, 1.807) is 46.5 Å². The second-order valence-corrected chi connectivity index (χ2v) is 10.9. The van der Waals surface area contributed by atoms with Crippen LogP contribution < -0.4 is 15.5 Å². The summed E-state index contributed by atoms with van der Waals surface area (Å²) in [5.41, 5.74) is 2.02. The van der Waals surface area contributed by atoms with Crippen LogP contribution in [0.1, 0.15) is 47.4 Å². The maximum atomic E-state index is 13.8. The van der Waals surface area contributed by atoms with Crippen molar-refractivity contribution in [2.24, 2.45) is 5.92 Å². The van der Waals surface area contributed by atoms with E-state index in [2.05, 4.69) is 20.5 Å². The molecule has 2 aromatic rings. The zero-order chi connectivity index (χ0) is 27.5. The average molecular weight is 533 g/mol. The molecule has 3 aliphatic heterocycles. The van der Waals surface area contributed by atoms with Gasteiger partial charge < -0.3 is 25.3 Å². The number of nitrogens with zero attached hydrogens (tertiary/aromatic N) is 4. The lowest BCUT2D eigenvalue weighted by Gasteiger charge is -2.30. The third kappa shape index (κ3) is 5.66. The highest BCUT2D eigenvalue weighted by atomic mass is 16.2. The second-order valence-electron chi connectivity index (χ2n) is 10.9. The number of piperazine rings is 1. The van der Waals surface area contributed by atoms with Crippen LogP contribution in [0.25, 0.3) is 0 Å². The van der Waals surface area contributed by atoms with Crippen molar-refractivity contribution in [1.82, 2.24) is 25.4 Å². The van der Waals surface area contributed by atoms with Gasteiger partial charge in [0.2, 0.25) is 5.91 Å². The predicted octanol–water partition coefficient (Wildman–Crippen LogP) is 1.33. The van der Waals surface area contributed by atoms with Gasteiger partial charge in [-0.05, 0) is 55.2 Å². The molecule has 0 aliphatic carbocycles. The molecular formula is C29H36N6O4. The zero-order valence-electron chi connectivity index (χ0n) is 22.5. The standard InChI is InChI=1S/C29H36N6O4/c1-19(2)17-23(32-27(37)20-3-5-22(6-4-20)33-15-12-31-13-16-33)29(39)34-14-9-24-26(34)25(36)18-35(24)28(38)21-7-10-30-11-8-21/h3-8,10-11,19,23-24,26,31H,9,12-18H2,1-2H3,(H,32,37). The molecule has 0 bridgehead atoms. The number of amides is 3. The molecule has 0 saturated carbocycles. The molecule has 0 spiro atoms. The Kier molecular flexibility index (Phi) is 7.92. The van der Waals surface area contributed by atoms with E-state index in [4.69, 9.17) is 0 Å². The summed E-state index contributed by atoms with van der Waals surface area (Å²) >= 11 is 0. The maximum Gasteiger partial charge on any atom is 0.254 e. The van der Waals surface area contributed by atoms with Crippen molar-refractivity contribution in [2.45, 2.75) is 44.8 Å². The zero-order valence-corrected chi connectivity index (χ0v) is 22.5. The molecule has 3 atom stereocenters. The molecule has 2 N–H and O–H groups in total. The van der Waals surface area contributed by atoms with Crippen molar-refractivity contribution >= 4 is 29.2 Å². The normalized spacial score (nSPS) is 21.7. The summed E-state index contributed by atoms with van der Waals surface area (Å²) in [4.78, 5) is 62.5. The largest absolute Gasteiger partial charge is 0.369 e. The van der Waals surface area contributed by atoms with Crippen molar-refractivity contribution in [1.29, 1.82) is 0 Å². The maximum absolute atomic E-state index is 13.8. The van der Waals surface area contributed by atoms with Gasteiger partial charge in [-0.2, -0.15) is 0 Å². The Morgan fingerprint density at radius 2 is 1.67 bits per heavy atom. The first-order chi connectivity index (χ1) is 18.8. The molecule has 3 fully saturated rings. The smallest absolute Gasteiger partial charge is 0.254 e. The number of pyridine rings is 1. The van der Waals surface area contributed by atoms with E-state index >= 15 is 0 Å². The summed E-state index contributed by atoms with van der Waals surface area (Å²) in [6.07, 6.45) is 4.07. The Morgan fingerprint density at radius 3 is 2.33 bits per heavy atom. The number of hydrogen-bond donors (Lipinski definition) is 2. The average Bonchev–Trinajstić information content (AvgIpc) is 3.54. The number of rotatable bonds is 7. The second kappa shape index (κ2) is 11.5. The topological polar surface area (TPSA) is 115 Å². The highest BCUT2D eigenvalue weighted by Gasteiger charge is 2.52. The Balaban J connectivity index is 1.28. The third-order valence-corrected chi connectivity index (χ3v) is 7.82. The first kappa shape index (κ1) is 26.8. The van der Waals surface area contributed by atoms with Crippen LogP contribution in [-0.2, 0) is 9.59 Å². The molecule has 4 heterocycles. The van der Waals surface area contributed by atoms with Gasteiger partial charge in [0.15, 0.2) is 5.78 Å². The van der Waals surface area contributed by atoms with Crippen LogP contribution in [0, 0.1) is 5.92 Å². The van der Waals surface area contributed by atoms with Crippen LogP contribution in [0.5, 0.6) is 0 Å². The molecule has 3 saturated heterocycles. The molecule has 3 amide bonds. The molecule has 5 rings (SSSR count). The fourth-order valence-corrected chi connectivity index (χ4v) is 5.88. The van der Waals surface area contributed by atoms with E-state index in [1.165, 1.54) is 0 Å². The molecule has 39 heavy (non-hydrogen) atoms. The fraction of sp³-hybridized carbons (Fsp3) is 0.483. The summed E-state index contributed by atoms with van der Waals surface area (Å²) in [5.74, 6) is -0.815. The van der Waals surface area contributed by atoms with E-state index in [-0.39, 0.29) is 42.0 Å². The Bertz CT molecular complexity index is 1210.